The molecule has 1 aromatic rings. The number of methoxy groups -OCH3 is 1. The first kappa shape index (κ1) is 20.4. The summed E-state index contributed by atoms with van der Waals surface area (Å²) in [5.41, 5.74) is -1.99. The molecule has 144 valence electrons. The first-order valence-electron chi connectivity index (χ1n) is 8.86. The van der Waals surface area contributed by atoms with Crippen LogP contribution in [0.5, 0.6) is 0 Å². The predicted octanol–water partition coefficient (Wildman–Crippen LogP) is 2.00. The van der Waals surface area contributed by atoms with Crippen LogP contribution in [0, 0.1) is 10.8 Å². The summed E-state index contributed by atoms with van der Waals surface area (Å²) < 4.78 is 5.30. The molecule has 1 aliphatic rings. The third-order valence-electron chi connectivity index (χ3n) is 6.31. The second-order valence-corrected chi connectivity index (χ2v) is 8.03. The Morgan fingerprint density at radius 1 is 1.19 bits per heavy atom. The van der Waals surface area contributed by atoms with Crippen LogP contribution >= 0.6 is 0 Å². The molecule has 1 aliphatic carbocycles. The van der Waals surface area contributed by atoms with Crippen molar-refractivity contribution >= 4 is 11.9 Å². The van der Waals surface area contributed by atoms with Crippen molar-refractivity contribution in [3.05, 3.63) is 35.9 Å². The number of carboxylic acid groups (broad SMARTS) is 1. The van der Waals surface area contributed by atoms with Crippen molar-refractivity contribution in [2.75, 3.05) is 13.7 Å². The van der Waals surface area contributed by atoms with Crippen LogP contribution in [0.1, 0.15) is 39.2 Å². The predicted molar refractivity (Wildman–Crippen MR) is 97.7 cm³/mol. The molecular formula is C20H29NO5. The Morgan fingerprint density at radius 3 is 2.35 bits per heavy atom. The van der Waals surface area contributed by atoms with Crippen molar-refractivity contribution in [3.63, 3.8) is 0 Å². The van der Waals surface area contributed by atoms with Crippen LogP contribution in [0.15, 0.2) is 30.3 Å². The molecule has 0 radical (unpaired) electrons. The maximum Gasteiger partial charge on any atom is 0.326 e. The summed E-state index contributed by atoms with van der Waals surface area (Å²) in [4.78, 5) is 24.5. The summed E-state index contributed by atoms with van der Waals surface area (Å²) in [7, 11) is 1.60. The lowest BCUT2D eigenvalue weighted by Crippen LogP contribution is -2.60. The van der Waals surface area contributed by atoms with Gasteiger partial charge in [-0.05, 0) is 23.8 Å². The zero-order valence-electron chi connectivity index (χ0n) is 15.9. The number of carbonyl (C=O) groups excluding carboxylic acids is 1. The van der Waals surface area contributed by atoms with Crippen molar-refractivity contribution in [1.29, 1.82) is 0 Å². The standard InChI is InChI=1S/C20H29NO5/c1-18(2)19(3,13-26-4)10-11-20(18,25)17(24)21-15(16(22)23)12-14-8-6-5-7-9-14/h5-9,15,25H,10-13H2,1-4H3,(H,21,24)(H,22,23)/t15-,19-,20+/m0/s1. The van der Waals surface area contributed by atoms with Gasteiger partial charge in [-0.25, -0.2) is 4.79 Å². The monoisotopic (exact) mass is 363 g/mol. The molecule has 2 rings (SSSR count). The van der Waals surface area contributed by atoms with Gasteiger partial charge in [0.15, 0.2) is 0 Å². The first-order chi connectivity index (χ1) is 12.1. The number of hydrogen-bond donors (Lipinski definition) is 3. The third-order valence-corrected chi connectivity index (χ3v) is 6.31. The molecule has 0 unspecified atom stereocenters. The lowest BCUT2D eigenvalue weighted by Gasteiger charge is -2.45. The average Bonchev–Trinajstić information content (AvgIpc) is 2.76. The molecule has 0 spiro atoms. The fourth-order valence-electron chi connectivity index (χ4n) is 3.88. The fraction of sp³-hybridized carbons (Fsp3) is 0.600. The van der Waals surface area contributed by atoms with Gasteiger partial charge in [0, 0.05) is 18.9 Å². The molecule has 26 heavy (non-hydrogen) atoms. The van der Waals surface area contributed by atoms with E-state index >= 15 is 0 Å². The molecule has 0 aromatic heterocycles. The van der Waals surface area contributed by atoms with Crippen LogP contribution in [-0.4, -0.2) is 47.4 Å². The van der Waals surface area contributed by atoms with E-state index in [2.05, 4.69) is 5.32 Å². The van der Waals surface area contributed by atoms with Crippen LogP contribution in [0.25, 0.3) is 0 Å². The van der Waals surface area contributed by atoms with E-state index < -0.39 is 28.9 Å². The Labute approximate surface area is 154 Å². The summed E-state index contributed by atoms with van der Waals surface area (Å²) in [5, 5.41) is 23.3. The van der Waals surface area contributed by atoms with Gasteiger partial charge in [-0.2, -0.15) is 0 Å². The second kappa shape index (κ2) is 7.37. The van der Waals surface area contributed by atoms with E-state index in [9.17, 15) is 19.8 Å². The van der Waals surface area contributed by atoms with Gasteiger partial charge >= 0.3 is 5.97 Å². The number of ether oxygens (including phenoxy) is 1. The molecular weight excluding hydrogens is 334 g/mol. The zero-order chi connectivity index (χ0) is 19.6. The van der Waals surface area contributed by atoms with Gasteiger partial charge in [0.1, 0.15) is 11.6 Å². The molecule has 1 amide bonds. The maximum absolute atomic E-state index is 12.9. The van der Waals surface area contributed by atoms with Crippen LogP contribution in [0.3, 0.4) is 0 Å². The number of carboxylic acids is 1. The number of nitrogens with one attached hydrogen (secondary N) is 1. The molecule has 3 N–H and O–H groups in total. The number of benzene rings is 1. The van der Waals surface area contributed by atoms with E-state index in [1.54, 1.807) is 7.11 Å². The van der Waals surface area contributed by atoms with Gasteiger partial charge in [-0.1, -0.05) is 51.1 Å². The minimum Gasteiger partial charge on any atom is -0.480 e. The normalized spacial score (nSPS) is 28.5. The molecule has 0 saturated heterocycles. The average molecular weight is 363 g/mol. The molecule has 0 heterocycles. The van der Waals surface area contributed by atoms with E-state index in [-0.39, 0.29) is 18.3 Å². The van der Waals surface area contributed by atoms with Gasteiger partial charge in [0.05, 0.1) is 6.61 Å². The number of amides is 1. The SMILES string of the molecule is COC[C@]1(C)CC[C@@](O)(C(=O)N[C@@H](Cc2ccccc2)C(=O)O)C1(C)C. The number of carbonyl (C=O) groups is 2. The van der Waals surface area contributed by atoms with Crippen LogP contribution in [0.2, 0.25) is 0 Å². The highest BCUT2D eigenvalue weighted by Gasteiger charge is 2.63. The van der Waals surface area contributed by atoms with Gasteiger partial charge in [0.25, 0.3) is 5.91 Å². The lowest BCUT2D eigenvalue weighted by atomic mass is 9.64. The minimum absolute atomic E-state index is 0.160. The zero-order valence-corrected chi connectivity index (χ0v) is 15.9. The molecule has 6 nitrogen and oxygen atoms in total. The highest BCUT2D eigenvalue weighted by atomic mass is 16.5. The quantitative estimate of drug-likeness (QED) is 0.689. The summed E-state index contributed by atoms with van der Waals surface area (Å²) >= 11 is 0. The van der Waals surface area contributed by atoms with Gasteiger partial charge in [0.2, 0.25) is 0 Å². The molecule has 3 atom stereocenters. The summed E-state index contributed by atoms with van der Waals surface area (Å²) in [5.74, 6) is -1.76. The number of aliphatic carboxylic acids is 1. The summed E-state index contributed by atoms with van der Waals surface area (Å²) in [6, 6.07) is 8.01. The molecule has 1 saturated carbocycles. The van der Waals surface area contributed by atoms with Crippen LogP contribution in [-0.2, 0) is 20.7 Å². The third kappa shape index (κ3) is 3.48. The van der Waals surface area contributed by atoms with Crippen molar-refractivity contribution in [2.24, 2.45) is 10.8 Å². The highest BCUT2D eigenvalue weighted by molar-refractivity contribution is 5.90. The van der Waals surface area contributed by atoms with Crippen molar-refractivity contribution in [3.8, 4) is 0 Å². The van der Waals surface area contributed by atoms with E-state index in [0.29, 0.717) is 13.0 Å². The van der Waals surface area contributed by atoms with E-state index in [1.807, 2.05) is 51.1 Å². The lowest BCUT2D eigenvalue weighted by molar-refractivity contribution is -0.161. The highest BCUT2D eigenvalue weighted by Crippen LogP contribution is 2.58. The number of aliphatic hydroxyl groups is 1. The Bertz CT molecular complexity index is 659. The van der Waals surface area contributed by atoms with Gasteiger partial charge < -0.3 is 20.3 Å². The number of rotatable bonds is 7. The minimum atomic E-state index is -1.65. The molecule has 0 aliphatic heterocycles. The van der Waals surface area contributed by atoms with Crippen LogP contribution < -0.4 is 5.32 Å². The summed E-state index contributed by atoms with van der Waals surface area (Å²) in [6.07, 6.45) is 1.05. The van der Waals surface area contributed by atoms with Gasteiger partial charge in [-0.15, -0.1) is 0 Å². The molecule has 6 heteroatoms. The Morgan fingerprint density at radius 2 is 1.81 bits per heavy atom. The topological polar surface area (TPSA) is 95.9 Å². The van der Waals surface area contributed by atoms with E-state index in [1.165, 1.54) is 0 Å². The van der Waals surface area contributed by atoms with E-state index in [0.717, 1.165) is 5.56 Å². The first-order valence-corrected chi connectivity index (χ1v) is 8.86. The maximum atomic E-state index is 12.9. The van der Waals surface area contributed by atoms with Gasteiger partial charge in [-0.3, -0.25) is 4.79 Å². The largest absolute Gasteiger partial charge is 0.480 e. The molecule has 0 bridgehead atoms. The fourth-order valence-corrected chi connectivity index (χ4v) is 3.88. The van der Waals surface area contributed by atoms with Crippen molar-refractivity contribution in [1.82, 2.24) is 5.32 Å². The molecule has 1 fully saturated rings. The van der Waals surface area contributed by atoms with E-state index in [4.69, 9.17) is 4.74 Å². The number of hydrogen-bond acceptors (Lipinski definition) is 4. The Hall–Kier alpha value is -1.92. The van der Waals surface area contributed by atoms with Crippen molar-refractivity contribution in [2.45, 2.75) is 51.7 Å². The molecule has 1 aromatic carbocycles. The second-order valence-electron chi connectivity index (χ2n) is 8.03. The van der Waals surface area contributed by atoms with Crippen molar-refractivity contribution < 1.29 is 24.5 Å². The Kier molecular flexibility index (Phi) is 5.78. The Balaban J connectivity index is 2.20. The smallest absolute Gasteiger partial charge is 0.326 e. The summed E-state index contributed by atoms with van der Waals surface area (Å²) in [6.45, 7) is 6.08. The van der Waals surface area contributed by atoms with Crippen LogP contribution in [0.4, 0.5) is 0 Å².